The van der Waals surface area contributed by atoms with Crippen LogP contribution in [-0.4, -0.2) is 195 Å². The first-order valence-electron chi connectivity index (χ1n) is 25.5. The molecule has 0 aliphatic carbocycles. The third-order valence-electron chi connectivity index (χ3n) is 13.2. The molecule has 14 atom stereocenters. The maximum absolute atomic E-state index is 16.0. The number of aldehydes is 1. The van der Waals surface area contributed by atoms with E-state index in [1.54, 1.807) is 12.1 Å². The minimum absolute atomic E-state index is 0. The predicted molar refractivity (Wildman–Crippen MR) is 323 cm³/mol. The summed E-state index contributed by atoms with van der Waals surface area (Å²) >= 11 is 4.47. The minimum atomic E-state index is -1.67. The number of primary amides is 1. The highest BCUT2D eigenvalue weighted by atomic mass is 33.1. The van der Waals surface area contributed by atoms with Crippen LogP contribution in [0, 0.1) is 0 Å². The summed E-state index contributed by atoms with van der Waals surface area (Å²) in [6, 6.07) is 0.115. The van der Waals surface area contributed by atoms with Crippen molar-refractivity contribution in [1.29, 1.82) is 0 Å². The second kappa shape index (κ2) is 33.9. The van der Waals surface area contributed by atoms with Crippen LogP contribution in [-0.2, 0) is 65.6 Å². The number of fused-ring (bicyclic) bond motifs is 14. The molecule has 5 aliphatic rings. The summed E-state index contributed by atoms with van der Waals surface area (Å²) in [6.45, 7) is 1.79. The van der Waals surface area contributed by atoms with Gasteiger partial charge in [-0.25, -0.2) is 0 Å². The van der Waals surface area contributed by atoms with Crippen molar-refractivity contribution in [3.8, 4) is 11.5 Å². The van der Waals surface area contributed by atoms with E-state index in [2.05, 4.69) is 55.2 Å². The van der Waals surface area contributed by atoms with Crippen LogP contribution in [0.5, 0.6) is 11.5 Å². The molecule has 0 radical (unpaired) electrons. The van der Waals surface area contributed by atoms with Crippen LogP contribution >= 0.6 is 77.4 Å². The molecule has 4 bridgehead atoms. The van der Waals surface area contributed by atoms with Gasteiger partial charge in [-0.2, -0.15) is 12.6 Å². The molecule has 5 fully saturated rings. The van der Waals surface area contributed by atoms with Gasteiger partial charge in [-0.15, -0.1) is 0 Å². The number of carboxylic acid groups (broad SMARTS) is 1. The zero-order valence-corrected chi connectivity index (χ0v) is 49.8. The van der Waals surface area contributed by atoms with Gasteiger partial charge in [0.1, 0.15) is 51.4 Å². The Labute approximate surface area is 507 Å². The first-order valence-corrected chi connectivity index (χ1v) is 32.9. The van der Waals surface area contributed by atoms with Gasteiger partial charge in [-0.3, -0.25) is 74.5 Å². The molecular formula is C50H70N10O16S7. The number of aliphatic hydroxyl groups excluding tert-OH is 1. The van der Waals surface area contributed by atoms with E-state index < -0.39 is 165 Å². The van der Waals surface area contributed by atoms with Crippen molar-refractivity contribution in [3.63, 3.8) is 0 Å². The Kier molecular flexibility index (Phi) is 29.0. The van der Waals surface area contributed by atoms with Gasteiger partial charge in [0.05, 0.1) is 60.7 Å². The van der Waals surface area contributed by atoms with Crippen LogP contribution in [0.4, 0.5) is 0 Å². The molecule has 2 aromatic carbocycles. The van der Waals surface area contributed by atoms with Crippen molar-refractivity contribution in [2.45, 2.75) is 148 Å². The standard InChI is InChI=1S/C49H64N10O15S7.CH4.H2O/c1-22-38(68)45-58-37(23(2)61)43(72)51-19-34(64)44(53-26(20-60)16-24-5-9-27(62)10-6-24)77-76-40-39(69)30(17-25-7-11-28(63)12-8-25)54-41(70)29(13-14-36(66)67)56-49(81-78-45)57-32(21-75)48(74)80-79-46(40)55-31(18-35(50)65)47(73)59-15-3-4-33(59)42(71)52-22;;/h5-12,20,22-23,26,29-33,37,40,44-46,49,53,55-58,61-63,75H,3-4,13-19,21H2,1-2H3,(H2,50,65)(H,51,72)(H,52,71)(H,54,70)(H,66,67);1H4;1H2/t22-,23+,26-,29-,30-,31-,32-,33-,37-,40?,44?,45?,46?,49?;;/m0../s1. The van der Waals surface area contributed by atoms with Crippen molar-refractivity contribution in [3.05, 3.63) is 59.7 Å². The monoisotopic (exact) mass is 1290 g/mol. The van der Waals surface area contributed by atoms with E-state index in [0.717, 1.165) is 32.4 Å². The Hall–Kier alpha value is -4.62. The lowest BCUT2D eigenvalue weighted by Gasteiger charge is -2.35. The number of rotatable bonds is 14. The molecule has 2 aromatic rings. The molecule has 5 amide bonds. The summed E-state index contributed by atoms with van der Waals surface area (Å²) in [7, 11) is 4.24. The highest BCUT2D eigenvalue weighted by Crippen LogP contribution is 2.42. The zero-order valence-electron chi connectivity index (χ0n) is 44.1. The number of thiol groups is 1. The van der Waals surface area contributed by atoms with Gasteiger partial charge in [0.15, 0.2) is 17.3 Å². The van der Waals surface area contributed by atoms with Gasteiger partial charge < -0.3 is 57.3 Å². The molecule has 0 aromatic heterocycles. The smallest absolute Gasteiger partial charge is 0.303 e. The number of hydrogen-bond acceptors (Lipinski definition) is 26. The number of carboxylic acids is 1. The molecule has 5 saturated heterocycles. The van der Waals surface area contributed by atoms with Gasteiger partial charge in [0, 0.05) is 18.7 Å². The van der Waals surface area contributed by atoms with Crippen molar-refractivity contribution in [1.82, 2.24) is 47.4 Å². The van der Waals surface area contributed by atoms with Crippen LogP contribution in [0.25, 0.3) is 0 Å². The van der Waals surface area contributed by atoms with Crippen LogP contribution in [0.3, 0.4) is 0 Å². The number of phenols is 2. The number of aromatic hydroxyl groups is 2. The van der Waals surface area contributed by atoms with E-state index in [4.69, 9.17) is 5.73 Å². The first-order chi connectivity index (χ1) is 38.5. The predicted octanol–water partition coefficient (Wildman–Crippen LogP) is -1.12. The van der Waals surface area contributed by atoms with E-state index in [-0.39, 0.29) is 56.0 Å². The molecular weight excluding hydrogens is 1220 g/mol. The maximum Gasteiger partial charge on any atom is 0.303 e. The molecule has 7 rings (SSSR count). The Morgan fingerprint density at radius 3 is 2.08 bits per heavy atom. The average Bonchev–Trinajstić information content (AvgIpc) is 4.02. The summed E-state index contributed by atoms with van der Waals surface area (Å²) in [5.74, 6) is -8.65. The summed E-state index contributed by atoms with van der Waals surface area (Å²) in [5.41, 5.74) is 5.47. The lowest BCUT2D eigenvalue weighted by Crippen LogP contribution is -2.60. The Balaban J connectivity index is 0.00000740. The summed E-state index contributed by atoms with van der Waals surface area (Å²) < 4.78 is 0. The Morgan fingerprint density at radius 1 is 0.819 bits per heavy atom. The Morgan fingerprint density at radius 2 is 1.47 bits per heavy atom. The number of nitrogens with one attached hydrogen (secondary N) is 8. The number of carbonyl (C=O) groups is 11. The molecule has 16 N–H and O–H groups in total. The molecule has 5 unspecified atom stereocenters. The number of Topliss-reactive ketones (excluding diaryl/α,β-unsaturated/α-hetero) is 3. The number of nitrogens with zero attached hydrogens (tertiary/aromatic N) is 1. The van der Waals surface area contributed by atoms with Crippen molar-refractivity contribution in [2.75, 3.05) is 18.8 Å². The lowest BCUT2D eigenvalue weighted by molar-refractivity contribution is -0.141. The van der Waals surface area contributed by atoms with Crippen molar-refractivity contribution >= 4 is 142 Å². The fourth-order valence-corrected chi connectivity index (χ4v) is 17.9. The quantitative estimate of drug-likeness (QED) is 0.0605. The molecule has 26 nitrogen and oxygen atoms in total. The number of phenolic OH excluding ortho intramolecular Hbond substituents is 2. The van der Waals surface area contributed by atoms with Gasteiger partial charge >= 0.3 is 5.97 Å². The topological polar surface area (TPSA) is 426 Å². The van der Waals surface area contributed by atoms with E-state index >= 15 is 9.59 Å². The van der Waals surface area contributed by atoms with Gasteiger partial charge in [0.2, 0.25) is 34.7 Å². The van der Waals surface area contributed by atoms with Crippen molar-refractivity contribution < 1.29 is 78.6 Å². The second-order valence-corrected chi connectivity index (χ2v) is 27.0. The highest BCUT2D eigenvalue weighted by Gasteiger charge is 2.45. The molecule has 5 aliphatic heterocycles. The number of aliphatic hydroxyl groups is 1. The summed E-state index contributed by atoms with van der Waals surface area (Å²) in [4.78, 5) is 158. The number of aliphatic carboxylic acids is 1. The minimum Gasteiger partial charge on any atom is -0.508 e. The number of hydrogen-bond donors (Lipinski definition) is 14. The van der Waals surface area contributed by atoms with Gasteiger partial charge in [-0.05, 0) is 92.1 Å². The van der Waals surface area contributed by atoms with Crippen LogP contribution < -0.4 is 48.3 Å². The largest absolute Gasteiger partial charge is 0.508 e. The maximum atomic E-state index is 16.0. The number of amides is 5. The number of carbonyl (C=O) groups excluding carboxylic acids is 10. The Bertz CT molecular complexity index is 2640. The van der Waals surface area contributed by atoms with Crippen LogP contribution in [0.15, 0.2) is 48.5 Å². The molecule has 458 valence electrons. The highest BCUT2D eigenvalue weighted by molar-refractivity contribution is 8.83. The average molecular weight is 1290 g/mol. The van der Waals surface area contributed by atoms with E-state index in [1.807, 2.05) is 0 Å². The van der Waals surface area contributed by atoms with Crippen molar-refractivity contribution in [2.24, 2.45) is 5.73 Å². The molecule has 33 heteroatoms. The number of ketones is 3. The van der Waals surface area contributed by atoms with E-state index in [0.29, 0.717) is 56.2 Å². The fraction of sp³-hybridized carbons (Fsp3) is 0.540. The zero-order chi connectivity index (χ0) is 59.1. The fourth-order valence-electron chi connectivity index (χ4n) is 8.84. The van der Waals surface area contributed by atoms with Gasteiger partial charge in [0.25, 0.3) is 0 Å². The third-order valence-corrected chi connectivity index (χ3v) is 21.8. The summed E-state index contributed by atoms with van der Waals surface area (Å²) in [6.07, 6.45) is -2.77. The van der Waals surface area contributed by atoms with Gasteiger partial charge in [-0.1, -0.05) is 85.7 Å². The van der Waals surface area contributed by atoms with E-state index in [1.165, 1.54) is 55.1 Å². The first kappa shape index (κ1) is 70.9. The van der Waals surface area contributed by atoms with Crippen LogP contribution in [0.2, 0.25) is 0 Å². The molecule has 0 saturated carbocycles. The summed E-state index contributed by atoms with van der Waals surface area (Å²) in [5, 5.41) is 57.5. The van der Waals surface area contributed by atoms with E-state index in [9.17, 15) is 63.6 Å². The second-order valence-electron chi connectivity index (χ2n) is 19.3. The normalized spacial score (nSPS) is 29.1. The number of nitrogens with two attached hydrogens (primary N) is 1. The number of benzene rings is 2. The SMILES string of the molecule is C.C[C@@H]1NC(=O)[C@@H]2CCCN2C(=O)[C@H](CC(N)=O)NC2SSC(=O)[C@H](CS)NC3N[C@@H](CCC(=O)O)C(=O)N[C@@H](Cc4ccc(O)cc4)C(=O)C2SSC(N[C@H](C=O)Cc2ccc(O)cc2)C(=O)CNC(=O)[C@H]([C@@H](C)O)NC(SS3)C1=O.O. The lowest BCUT2D eigenvalue weighted by atomic mass is 9.98. The molecule has 5 heterocycles. The molecule has 0 spiro atoms. The van der Waals surface area contributed by atoms with Crippen LogP contribution in [0.1, 0.15) is 64.5 Å². The molecule has 83 heavy (non-hydrogen) atoms. The third kappa shape index (κ3) is 20.5.